The first-order valence-electron chi connectivity index (χ1n) is 10.2. The standard InChI is InChI=1S/C25H19Br2N3O4/c1-15-2-6-19(7-3-15)29-24(31)14-33-22-8-4-16(10-20(22)27)13-28-30-25(32)23-12-17-11-18(26)5-9-21(17)34-23/h2-13H,14H2,1H3,(H,29,31)(H,30,32)/b28-13+. The summed E-state index contributed by atoms with van der Waals surface area (Å²) < 4.78 is 12.7. The number of nitrogens with one attached hydrogen (secondary N) is 2. The third kappa shape index (κ3) is 6.12. The quantitative estimate of drug-likeness (QED) is 0.204. The van der Waals surface area contributed by atoms with Gasteiger partial charge >= 0.3 is 5.91 Å². The lowest BCUT2D eigenvalue weighted by molar-refractivity contribution is -0.118. The number of amides is 2. The third-order valence-corrected chi connectivity index (χ3v) is 5.84. The minimum Gasteiger partial charge on any atom is -0.483 e. The van der Waals surface area contributed by atoms with E-state index in [4.69, 9.17) is 9.15 Å². The molecule has 0 aliphatic rings. The van der Waals surface area contributed by atoms with Gasteiger partial charge in [-0.2, -0.15) is 5.10 Å². The lowest BCUT2D eigenvalue weighted by Gasteiger charge is -2.09. The highest BCUT2D eigenvalue weighted by Crippen LogP contribution is 2.26. The Balaban J connectivity index is 1.30. The highest BCUT2D eigenvalue weighted by Gasteiger charge is 2.12. The van der Waals surface area contributed by atoms with Crippen molar-refractivity contribution in [3.63, 3.8) is 0 Å². The molecule has 172 valence electrons. The summed E-state index contributed by atoms with van der Waals surface area (Å²) in [4.78, 5) is 24.4. The number of carbonyl (C=O) groups is 2. The first-order valence-corrected chi connectivity index (χ1v) is 11.8. The number of halogens is 2. The molecule has 0 radical (unpaired) electrons. The van der Waals surface area contributed by atoms with Crippen LogP contribution in [0.1, 0.15) is 21.7 Å². The average Bonchev–Trinajstić information content (AvgIpc) is 3.23. The molecule has 0 aliphatic carbocycles. The summed E-state index contributed by atoms with van der Waals surface area (Å²) in [5.74, 6) is -0.0444. The summed E-state index contributed by atoms with van der Waals surface area (Å²) >= 11 is 6.82. The maximum Gasteiger partial charge on any atom is 0.307 e. The van der Waals surface area contributed by atoms with Gasteiger partial charge in [0, 0.05) is 15.5 Å². The van der Waals surface area contributed by atoms with Gasteiger partial charge < -0.3 is 14.5 Å². The van der Waals surface area contributed by atoms with E-state index < -0.39 is 5.91 Å². The summed E-state index contributed by atoms with van der Waals surface area (Å²) in [6.07, 6.45) is 1.50. The van der Waals surface area contributed by atoms with Crippen LogP contribution in [0.4, 0.5) is 5.69 Å². The van der Waals surface area contributed by atoms with Crippen molar-refractivity contribution in [3.05, 3.63) is 92.6 Å². The molecule has 9 heteroatoms. The fourth-order valence-electron chi connectivity index (χ4n) is 3.04. The Kier molecular flexibility index (Phi) is 7.44. The van der Waals surface area contributed by atoms with Crippen LogP contribution in [0, 0.1) is 6.92 Å². The van der Waals surface area contributed by atoms with Crippen LogP contribution in [0.3, 0.4) is 0 Å². The number of hydrogen-bond acceptors (Lipinski definition) is 5. The number of hydrogen-bond donors (Lipinski definition) is 2. The maximum absolute atomic E-state index is 12.3. The SMILES string of the molecule is Cc1ccc(NC(=O)COc2ccc(/C=N/NC(=O)c3cc4cc(Br)ccc4o3)cc2Br)cc1. The molecular formula is C25H19Br2N3O4. The number of aryl methyl sites for hydroxylation is 1. The second kappa shape index (κ2) is 10.7. The van der Waals surface area contributed by atoms with Gasteiger partial charge in [0.15, 0.2) is 12.4 Å². The molecule has 34 heavy (non-hydrogen) atoms. The predicted molar refractivity (Wildman–Crippen MR) is 138 cm³/mol. The number of furan rings is 1. The Morgan fingerprint density at radius 3 is 2.59 bits per heavy atom. The summed E-state index contributed by atoms with van der Waals surface area (Å²) in [6, 6.07) is 19.9. The van der Waals surface area contributed by atoms with E-state index in [1.54, 1.807) is 30.3 Å². The fraction of sp³-hybridized carbons (Fsp3) is 0.0800. The molecule has 0 saturated carbocycles. The van der Waals surface area contributed by atoms with Gasteiger partial charge in [0.05, 0.1) is 10.7 Å². The van der Waals surface area contributed by atoms with Gasteiger partial charge in [0.1, 0.15) is 11.3 Å². The van der Waals surface area contributed by atoms with Gasteiger partial charge in [-0.05, 0) is 83.0 Å². The molecule has 3 aromatic carbocycles. The van der Waals surface area contributed by atoms with Crippen LogP contribution in [-0.2, 0) is 4.79 Å². The number of hydrazone groups is 1. The van der Waals surface area contributed by atoms with Crippen LogP contribution in [0.25, 0.3) is 11.0 Å². The van der Waals surface area contributed by atoms with E-state index in [1.807, 2.05) is 43.3 Å². The van der Waals surface area contributed by atoms with Crippen molar-refractivity contribution in [1.82, 2.24) is 5.43 Å². The second-order valence-corrected chi connectivity index (χ2v) is 9.15. The predicted octanol–water partition coefficient (Wildman–Crippen LogP) is 6.05. The number of nitrogens with zero attached hydrogens (tertiary/aromatic N) is 1. The molecule has 2 amide bonds. The van der Waals surface area contributed by atoms with Gasteiger partial charge in [-0.15, -0.1) is 0 Å². The molecule has 4 aromatic rings. The van der Waals surface area contributed by atoms with Crippen molar-refractivity contribution < 1.29 is 18.7 Å². The molecule has 0 atom stereocenters. The van der Waals surface area contributed by atoms with Crippen LogP contribution < -0.4 is 15.5 Å². The van der Waals surface area contributed by atoms with Crippen molar-refractivity contribution in [2.45, 2.75) is 6.92 Å². The minimum atomic E-state index is -0.456. The number of rotatable bonds is 7. The smallest absolute Gasteiger partial charge is 0.307 e. The van der Waals surface area contributed by atoms with Crippen LogP contribution in [0.2, 0.25) is 0 Å². The average molecular weight is 585 g/mol. The molecule has 0 spiro atoms. The van der Waals surface area contributed by atoms with Crippen LogP contribution in [-0.4, -0.2) is 24.6 Å². The minimum absolute atomic E-state index is 0.135. The number of carbonyl (C=O) groups excluding carboxylic acids is 2. The lowest BCUT2D eigenvalue weighted by atomic mass is 10.2. The summed E-state index contributed by atoms with van der Waals surface area (Å²) in [7, 11) is 0. The monoisotopic (exact) mass is 583 g/mol. The number of fused-ring (bicyclic) bond motifs is 1. The van der Waals surface area contributed by atoms with E-state index in [1.165, 1.54) is 6.21 Å². The first-order chi connectivity index (χ1) is 16.4. The lowest BCUT2D eigenvalue weighted by Crippen LogP contribution is -2.20. The third-order valence-electron chi connectivity index (χ3n) is 4.73. The zero-order chi connectivity index (χ0) is 24.1. The van der Waals surface area contributed by atoms with Gasteiger partial charge in [-0.3, -0.25) is 9.59 Å². The summed E-state index contributed by atoms with van der Waals surface area (Å²) in [5.41, 5.74) is 5.61. The van der Waals surface area contributed by atoms with E-state index in [0.717, 1.165) is 21.0 Å². The highest BCUT2D eigenvalue weighted by molar-refractivity contribution is 9.10. The highest BCUT2D eigenvalue weighted by atomic mass is 79.9. The largest absolute Gasteiger partial charge is 0.483 e. The van der Waals surface area contributed by atoms with Crippen LogP contribution in [0.5, 0.6) is 5.75 Å². The van der Waals surface area contributed by atoms with E-state index in [-0.39, 0.29) is 18.3 Å². The Bertz CT molecular complexity index is 1380. The van der Waals surface area contributed by atoms with Crippen molar-refractivity contribution in [2.24, 2.45) is 5.10 Å². The molecular weight excluding hydrogens is 566 g/mol. The molecule has 7 nitrogen and oxygen atoms in total. The molecule has 2 N–H and O–H groups in total. The van der Waals surface area contributed by atoms with Gasteiger partial charge in [0.2, 0.25) is 0 Å². The van der Waals surface area contributed by atoms with E-state index >= 15 is 0 Å². The summed E-state index contributed by atoms with van der Waals surface area (Å²) in [6.45, 7) is 1.85. The molecule has 0 aliphatic heterocycles. The van der Waals surface area contributed by atoms with E-state index in [9.17, 15) is 9.59 Å². The molecule has 0 unspecified atom stereocenters. The molecule has 0 bridgehead atoms. The maximum atomic E-state index is 12.3. The van der Waals surface area contributed by atoms with Gasteiger partial charge in [-0.25, -0.2) is 5.43 Å². The van der Waals surface area contributed by atoms with Gasteiger partial charge in [0.25, 0.3) is 5.91 Å². The Hall–Kier alpha value is -3.43. The normalized spacial score (nSPS) is 11.0. The molecule has 1 heterocycles. The zero-order valence-corrected chi connectivity index (χ0v) is 21.1. The number of ether oxygens (including phenoxy) is 1. The van der Waals surface area contributed by atoms with Crippen molar-refractivity contribution >= 4 is 66.5 Å². The molecule has 1 aromatic heterocycles. The number of benzene rings is 3. The Labute approximate surface area is 212 Å². The van der Waals surface area contributed by atoms with Crippen LogP contribution in [0.15, 0.2) is 85.2 Å². The summed E-state index contributed by atoms with van der Waals surface area (Å²) in [5, 5.41) is 7.58. The van der Waals surface area contributed by atoms with Gasteiger partial charge in [-0.1, -0.05) is 33.6 Å². The first kappa shape index (κ1) is 23.7. The van der Waals surface area contributed by atoms with E-state index in [2.05, 4.69) is 47.7 Å². The van der Waals surface area contributed by atoms with Crippen LogP contribution >= 0.6 is 31.9 Å². The van der Waals surface area contributed by atoms with Crippen molar-refractivity contribution in [2.75, 3.05) is 11.9 Å². The van der Waals surface area contributed by atoms with E-state index in [0.29, 0.717) is 21.5 Å². The fourth-order valence-corrected chi connectivity index (χ4v) is 3.93. The Morgan fingerprint density at radius 1 is 1.03 bits per heavy atom. The topological polar surface area (TPSA) is 92.9 Å². The van der Waals surface area contributed by atoms with Crippen molar-refractivity contribution in [1.29, 1.82) is 0 Å². The number of anilines is 1. The Morgan fingerprint density at radius 2 is 1.82 bits per heavy atom. The zero-order valence-electron chi connectivity index (χ0n) is 18.0. The molecule has 4 rings (SSSR count). The van der Waals surface area contributed by atoms with Crippen molar-refractivity contribution in [3.8, 4) is 5.75 Å². The molecule has 0 fully saturated rings. The molecule has 0 saturated heterocycles. The second-order valence-electron chi connectivity index (χ2n) is 7.38.